The molecule has 0 saturated heterocycles. The van der Waals surface area contributed by atoms with Crippen molar-refractivity contribution in [3.8, 4) is 17.2 Å². The molecule has 2 aliphatic rings. The van der Waals surface area contributed by atoms with Crippen LogP contribution < -0.4 is 13.6 Å². The molecule has 1 unspecified atom stereocenters. The smallest absolute Gasteiger partial charge is 0.381 e. The third kappa shape index (κ3) is 2.65. The Morgan fingerprint density at radius 1 is 0.515 bits per heavy atom. The van der Waals surface area contributed by atoms with E-state index in [1.807, 2.05) is 66.7 Å². The molecule has 0 saturated carbocycles. The average Bonchev–Trinajstić information content (AvgIpc) is 3.35. The van der Waals surface area contributed by atoms with Gasteiger partial charge in [-0.05, 0) is 22.3 Å². The van der Waals surface area contributed by atoms with E-state index < -0.39 is 7.82 Å². The van der Waals surface area contributed by atoms with Crippen molar-refractivity contribution < 1.29 is 27.3 Å². The van der Waals surface area contributed by atoms with Crippen molar-refractivity contribution in [2.75, 3.05) is 0 Å². The van der Waals surface area contributed by atoms with E-state index in [9.17, 15) is 4.57 Å². The van der Waals surface area contributed by atoms with E-state index >= 15 is 0 Å². The minimum atomic E-state index is -3.75. The summed E-state index contributed by atoms with van der Waals surface area (Å²) in [5.41, 5.74) is 6.18. The maximum absolute atomic E-state index is 12.9. The second kappa shape index (κ2) is 6.67. The summed E-state index contributed by atoms with van der Waals surface area (Å²) in [7, 11) is -3.75. The zero-order chi connectivity index (χ0) is 22.0. The maximum Gasteiger partial charge on any atom is 0.647 e. The predicted molar refractivity (Wildman–Crippen MR) is 122 cm³/mol. The Morgan fingerprint density at radius 3 is 1.45 bits per heavy atom. The number of phosphoric ester groups is 1. The summed E-state index contributed by atoms with van der Waals surface area (Å²) >= 11 is 0. The zero-order valence-electron chi connectivity index (χ0n) is 17.1. The Labute approximate surface area is 188 Å². The molecule has 0 spiro atoms. The van der Waals surface area contributed by atoms with Gasteiger partial charge in [0.2, 0.25) is 17.1 Å². The monoisotopic (exact) mass is 454 g/mol. The van der Waals surface area contributed by atoms with Crippen molar-refractivity contribution in [2.45, 2.75) is 0 Å². The second-order valence-corrected chi connectivity index (χ2v) is 9.20. The van der Waals surface area contributed by atoms with Crippen molar-refractivity contribution in [3.63, 3.8) is 0 Å². The molecule has 7 rings (SSSR count). The molecule has 1 aromatic heterocycles. The summed E-state index contributed by atoms with van der Waals surface area (Å²) in [6.07, 6.45) is 0. The topological polar surface area (TPSA) is 71.0 Å². The summed E-state index contributed by atoms with van der Waals surface area (Å²) in [5, 5.41) is 0. The van der Waals surface area contributed by atoms with Gasteiger partial charge in [-0.3, -0.25) is 9.15 Å². The average molecular weight is 454 g/mol. The molecule has 2 bridgehead atoms. The van der Waals surface area contributed by atoms with Crippen molar-refractivity contribution >= 4 is 30.1 Å². The first-order valence-corrected chi connectivity index (χ1v) is 11.9. The Hall–Kier alpha value is -4.15. The molecule has 7 heteroatoms. The van der Waals surface area contributed by atoms with Crippen LogP contribution in [0.1, 0.15) is 22.3 Å². The molecule has 6 nitrogen and oxygen atoms in total. The van der Waals surface area contributed by atoms with Gasteiger partial charge in [0.25, 0.3) is 5.58 Å². The minimum Gasteiger partial charge on any atom is -0.381 e. The lowest BCUT2D eigenvalue weighted by molar-refractivity contribution is 0.0567. The number of hydrogen-bond acceptors (Lipinski definition) is 6. The van der Waals surface area contributed by atoms with E-state index in [2.05, 4.69) is 24.3 Å². The largest absolute Gasteiger partial charge is 0.647 e. The van der Waals surface area contributed by atoms with Gasteiger partial charge in [0.15, 0.2) is 5.75 Å². The first-order chi connectivity index (χ1) is 16.2. The highest BCUT2D eigenvalue weighted by molar-refractivity contribution is 7.50. The van der Waals surface area contributed by atoms with Gasteiger partial charge in [0.1, 0.15) is 0 Å². The lowest BCUT2D eigenvalue weighted by Crippen LogP contribution is -2.04. The van der Waals surface area contributed by atoms with Crippen molar-refractivity contribution in [1.82, 2.24) is 0 Å². The lowest BCUT2D eigenvalue weighted by atomic mass is 9.85. The van der Waals surface area contributed by atoms with Gasteiger partial charge in [-0.15, -0.1) is 0 Å². The molecule has 0 amide bonds. The lowest BCUT2D eigenvalue weighted by Gasteiger charge is -2.21. The van der Waals surface area contributed by atoms with Gasteiger partial charge in [-0.25, -0.2) is 0 Å². The molecule has 160 valence electrons. The van der Waals surface area contributed by atoms with Crippen LogP contribution in [0.15, 0.2) is 100 Å². The van der Waals surface area contributed by atoms with E-state index in [4.69, 9.17) is 22.7 Å². The summed E-state index contributed by atoms with van der Waals surface area (Å²) < 4.78 is 40.2. The minimum absolute atomic E-state index is 0.262. The number of fused-ring (bicyclic) bond motifs is 3. The number of benzene rings is 4. The van der Waals surface area contributed by atoms with Crippen molar-refractivity contribution in [3.05, 3.63) is 113 Å². The third-order valence-corrected chi connectivity index (χ3v) is 7.00. The van der Waals surface area contributed by atoms with Crippen LogP contribution in [0.2, 0.25) is 0 Å². The van der Waals surface area contributed by atoms with Crippen LogP contribution in [0.3, 0.4) is 0 Å². The van der Waals surface area contributed by atoms with Gasteiger partial charge >= 0.3 is 7.82 Å². The first kappa shape index (κ1) is 18.4. The standard InChI is InChI=1S/C26H15O6P/c27-33-30-23-21(22-24(29-28-22)26(32-33)25(23)31-33)20(18-14-8-3-9-15-18)19(16-10-4-1-5-11-16)17-12-6-2-7-13-17/h1-15H. The van der Waals surface area contributed by atoms with E-state index in [1.165, 1.54) is 0 Å². The van der Waals surface area contributed by atoms with Crippen LogP contribution in [0.25, 0.3) is 22.3 Å². The van der Waals surface area contributed by atoms with Crippen molar-refractivity contribution in [1.29, 1.82) is 0 Å². The maximum atomic E-state index is 12.9. The van der Waals surface area contributed by atoms with Gasteiger partial charge < -0.3 is 13.6 Å². The molecule has 5 aromatic rings. The van der Waals surface area contributed by atoms with Crippen molar-refractivity contribution in [2.24, 2.45) is 0 Å². The molecule has 0 aliphatic carbocycles. The van der Waals surface area contributed by atoms with E-state index in [0.29, 0.717) is 22.5 Å². The fourth-order valence-corrected chi connectivity index (χ4v) is 5.69. The Balaban J connectivity index is 1.65. The highest BCUT2D eigenvalue weighted by Crippen LogP contribution is 2.73. The summed E-state index contributed by atoms with van der Waals surface area (Å²) in [6.45, 7) is 0. The summed E-state index contributed by atoms with van der Waals surface area (Å²) in [5.74, 6) is 0.882. The molecule has 0 fully saturated rings. The molecular weight excluding hydrogens is 439 g/mol. The zero-order valence-corrected chi connectivity index (χ0v) is 18.0. The van der Waals surface area contributed by atoms with Crippen LogP contribution in [0, 0.1) is 0 Å². The van der Waals surface area contributed by atoms with Gasteiger partial charge in [-0.2, -0.15) is 4.57 Å². The van der Waals surface area contributed by atoms with Gasteiger partial charge in [0.05, 0.1) is 5.56 Å². The number of phosphoric acid groups is 1. The molecule has 4 aromatic carbocycles. The quantitative estimate of drug-likeness (QED) is 0.161. The summed E-state index contributed by atoms with van der Waals surface area (Å²) in [6, 6.07) is 30.1. The van der Waals surface area contributed by atoms with E-state index in [1.54, 1.807) is 0 Å². The summed E-state index contributed by atoms with van der Waals surface area (Å²) in [4.78, 5) is 0. The molecular formula is C26H15O6P. The van der Waals surface area contributed by atoms with E-state index in [0.717, 1.165) is 27.8 Å². The first-order valence-electron chi connectivity index (χ1n) is 10.4. The Bertz CT molecular complexity index is 1560. The number of hydrogen-bond donors (Lipinski definition) is 0. The van der Waals surface area contributed by atoms with Crippen LogP contribution >= 0.6 is 7.82 Å². The van der Waals surface area contributed by atoms with Crippen LogP contribution in [0.4, 0.5) is 0 Å². The molecule has 0 N–H and O–H groups in total. The molecule has 0 radical (unpaired) electrons. The number of rotatable bonds is 4. The predicted octanol–water partition coefficient (Wildman–Crippen LogP) is 7.30. The normalized spacial score (nSPS) is 17.5. The molecule has 33 heavy (non-hydrogen) atoms. The fourth-order valence-electron chi connectivity index (χ4n) is 4.40. The highest BCUT2D eigenvalue weighted by Gasteiger charge is 2.55. The Morgan fingerprint density at radius 2 is 0.970 bits per heavy atom. The SMILES string of the molecule is O=P12Oc3c(c(C(=C(c4ccccc4)c4ccccc4)c4ccccc4)c4ooc4c3O1)O2. The van der Waals surface area contributed by atoms with Crippen LogP contribution in [-0.4, -0.2) is 0 Å². The fraction of sp³-hybridized carbons (Fsp3) is 0. The van der Waals surface area contributed by atoms with Gasteiger partial charge in [-0.1, -0.05) is 91.0 Å². The van der Waals surface area contributed by atoms with Gasteiger partial charge in [0, 0.05) is 5.57 Å². The van der Waals surface area contributed by atoms with Crippen LogP contribution in [0.5, 0.6) is 17.2 Å². The molecule has 1 atom stereocenters. The van der Waals surface area contributed by atoms with E-state index in [-0.39, 0.29) is 11.5 Å². The molecule has 2 aliphatic heterocycles. The molecule has 3 heterocycles. The van der Waals surface area contributed by atoms with Crippen LogP contribution in [-0.2, 0) is 4.57 Å². The Kier molecular flexibility index (Phi) is 3.73. The highest BCUT2D eigenvalue weighted by atomic mass is 31.2. The second-order valence-electron chi connectivity index (χ2n) is 7.76. The third-order valence-electron chi connectivity index (χ3n) is 5.78.